The highest BCUT2D eigenvalue weighted by Crippen LogP contribution is 2.29. The van der Waals surface area contributed by atoms with Gasteiger partial charge in [-0.3, -0.25) is 10.1 Å². The van der Waals surface area contributed by atoms with E-state index in [2.05, 4.69) is 20.9 Å². The van der Waals surface area contributed by atoms with Crippen LogP contribution in [0.15, 0.2) is 47.8 Å². The number of hydrogen-bond donors (Lipinski definition) is 3. The average Bonchev–Trinajstić information content (AvgIpc) is 3.34. The number of carbonyl (C=O) groups is 2. The van der Waals surface area contributed by atoms with Crippen LogP contribution in [0.2, 0.25) is 0 Å². The van der Waals surface area contributed by atoms with Gasteiger partial charge in [0.1, 0.15) is 12.4 Å². The zero-order chi connectivity index (χ0) is 26.5. The smallest absolute Gasteiger partial charge is 0.325 e. The van der Waals surface area contributed by atoms with Gasteiger partial charge in [0.25, 0.3) is 0 Å². The lowest BCUT2D eigenvalue weighted by atomic mass is 10.1. The largest absolute Gasteiger partial charge is 0.493 e. The number of halogens is 1. The fraction of sp³-hybridized carbons (Fsp3) is 0.346. The fourth-order valence-corrected chi connectivity index (χ4v) is 4.12. The van der Waals surface area contributed by atoms with Crippen LogP contribution < -0.4 is 25.4 Å². The molecule has 0 unspecified atom stereocenters. The zero-order valence-corrected chi connectivity index (χ0v) is 21.7. The molecule has 0 fully saturated rings. The lowest BCUT2D eigenvalue weighted by Gasteiger charge is -2.10. The molecule has 0 bridgehead atoms. The number of nitrogens with zero attached hydrogens (tertiary/aromatic N) is 1. The predicted molar refractivity (Wildman–Crippen MR) is 141 cm³/mol. The molecule has 2 aromatic carbocycles. The van der Waals surface area contributed by atoms with Crippen LogP contribution in [0, 0.1) is 5.82 Å². The van der Waals surface area contributed by atoms with Crippen molar-refractivity contribution in [3.8, 4) is 11.5 Å². The van der Waals surface area contributed by atoms with Crippen molar-refractivity contribution in [2.24, 2.45) is 0 Å². The van der Waals surface area contributed by atoms with Crippen LogP contribution in [0.3, 0.4) is 0 Å². The minimum absolute atomic E-state index is 0.0361. The maximum absolute atomic E-state index is 12.9. The minimum atomic E-state index is -0.398. The van der Waals surface area contributed by atoms with Crippen LogP contribution in [0.4, 0.5) is 20.0 Å². The van der Waals surface area contributed by atoms with Crippen molar-refractivity contribution in [1.29, 1.82) is 0 Å². The first kappa shape index (κ1) is 27.9. The molecule has 0 saturated carbocycles. The Kier molecular flexibility index (Phi) is 11.1. The number of ether oxygens (including phenoxy) is 3. The van der Waals surface area contributed by atoms with Gasteiger partial charge in [-0.25, -0.2) is 14.2 Å². The number of aryl methyl sites for hydroxylation is 1. The highest BCUT2D eigenvalue weighted by atomic mass is 32.1. The summed E-state index contributed by atoms with van der Waals surface area (Å²) in [5.74, 6) is 0.617. The molecule has 3 N–H and O–H groups in total. The number of unbranched alkanes of at least 4 members (excludes halogenated alkanes) is 2. The fourth-order valence-electron chi connectivity index (χ4n) is 3.38. The van der Waals surface area contributed by atoms with Gasteiger partial charge < -0.3 is 24.8 Å². The van der Waals surface area contributed by atoms with Gasteiger partial charge >= 0.3 is 6.03 Å². The lowest BCUT2D eigenvalue weighted by Crippen LogP contribution is -2.28. The normalized spacial score (nSPS) is 10.6. The van der Waals surface area contributed by atoms with Gasteiger partial charge in [-0.05, 0) is 49.1 Å². The number of thiazole rings is 1. The Morgan fingerprint density at radius 1 is 0.973 bits per heavy atom. The molecule has 0 radical (unpaired) electrons. The van der Waals surface area contributed by atoms with Crippen molar-refractivity contribution in [1.82, 2.24) is 10.3 Å². The summed E-state index contributed by atoms with van der Waals surface area (Å²) in [5, 5.41) is 10.8. The van der Waals surface area contributed by atoms with E-state index in [0.717, 1.165) is 36.9 Å². The molecule has 0 spiro atoms. The van der Waals surface area contributed by atoms with E-state index in [4.69, 9.17) is 14.2 Å². The van der Waals surface area contributed by atoms with Gasteiger partial charge in [0.2, 0.25) is 5.91 Å². The molecule has 198 valence electrons. The second-order valence-corrected chi connectivity index (χ2v) is 8.93. The molecule has 0 atom stereocenters. The van der Waals surface area contributed by atoms with Gasteiger partial charge in [-0.15, -0.1) is 11.3 Å². The second kappa shape index (κ2) is 14.8. The third-order valence-corrected chi connectivity index (χ3v) is 6.07. The van der Waals surface area contributed by atoms with Crippen LogP contribution in [0.25, 0.3) is 0 Å². The van der Waals surface area contributed by atoms with Crippen LogP contribution in [0.5, 0.6) is 11.5 Å². The lowest BCUT2D eigenvalue weighted by molar-refractivity contribution is -0.126. The Morgan fingerprint density at radius 2 is 1.76 bits per heavy atom. The number of amides is 3. The quantitative estimate of drug-likeness (QED) is 0.253. The van der Waals surface area contributed by atoms with E-state index >= 15 is 0 Å². The number of anilines is 2. The minimum Gasteiger partial charge on any atom is -0.493 e. The predicted octanol–water partition coefficient (Wildman–Crippen LogP) is 4.99. The molecule has 0 aliphatic carbocycles. The van der Waals surface area contributed by atoms with E-state index in [0.29, 0.717) is 28.9 Å². The maximum Gasteiger partial charge on any atom is 0.325 e. The molecule has 1 heterocycles. The summed E-state index contributed by atoms with van der Waals surface area (Å²) in [6, 6.07) is 10.7. The monoisotopic (exact) mass is 530 g/mol. The zero-order valence-electron chi connectivity index (χ0n) is 20.8. The summed E-state index contributed by atoms with van der Waals surface area (Å²) < 4.78 is 28.7. The van der Waals surface area contributed by atoms with Crippen molar-refractivity contribution in [2.45, 2.75) is 32.3 Å². The van der Waals surface area contributed by atoms with E-state index in [-0.39, 0.29) is 24.9 Å². The van der Waals surface area contributed by atoms with Crippen LogP contribution in [-0.4, -0.2) is 44.3 Å². The summed E-state index contributed by atoms with van der Waals surface area (Å²) >= 11 is 1.36. The number of aromatic nitrogens is 1. The van der Waals surface area contributed by atoms with E-state index in [1.165, 1.54) is 30.6 Å². The Bertz CT molecular complexity index is 1160. The number of hydrogen-bond acceptors (Lipinski definition) is 7. The molecule has 37 heavy (non-hydrogen) atoms. The van der Waals surface area contributed by atoms with Gasteiger partial charge in [-0.2, -0.15) is 0 Å². The van der Waals surface area contributed by atoms with Crippen molar-refractivity contribution in [3.05, 3.63) is 64.9 Å². The Hall–Kier alpha value is -3.70. The van der Waals surface area contributed by atoms with E-state index in [9.17, 15) is 14.0 Å². The van der Waals surface area contributed by atoms with E-state index < -0.39 is 6.03 Å². The number of rotatable bonds is 14. The van der Waals surface area contributed by atoms with E-state index in [1.54, 1.807) is 37.4 Å². The molecule has 0 aliphatic rings. The molecule has 3 rings (SSSR count). The molecule has 9 nitrogen and oxygen atoms in total. The Labute approximate surface area is 219 Å². The molecule has 0 saturated heterocycles. The molecule has 1 aromatic heterocycles. The van der Waals surface area contributed by atoms with Gasteiger partial charge in [0.05, 0.1) is 26.5 Å². The Balaban J connectivity index is 1.26. The molecular weight excluding hydrogens is 499 g/mol. The maximum atomic E-state index is 12.9. The van der Waals surface area contributed by atoms with Crippen molar-refractivity contribution in [3.63, 3.8) is 0 Å². The summed E-state index contributed by atoms with van der Waals surface area (Å²) in [4.78, 5) is 28.6. The topological polar surface area (TPSA) is 111 Å². The summed E-state index contributed by atoms with van der Waals surface area (Å²) in [6.45, 7) is 0.792. The van der Waals surface area contributed by atoms with E-state index in [1.807, 2.05) is 5.38 Å². The molecule has 11 heteroatoms. The Morgan fingerprint density at radius 3 is 2.51 bits per heavy atom. The first-order valence-electron chi connectivity index (χ1n) is 11.8. The van der Waals surface area contributed by atoms with Crippen molar-refractivity contribution >= 4 is 34.1 Å². The number of benzene rings is 2. The average molecular weight is 531 g/mol. The van der Waals surface area contributed by atoms with Crippen molar-refractivity contribution < 1.29 is 28.2 Å². The second-order valence-electron chi connectivity index (χ2n) is 8.07. The SMILES string of the molecule is COc1ccc(NC(=O)Nc2nc(CCCCCNC(=O)COCc3ccc(F)cc3)cs2)cc1OC. The highest BCUT2D eigenvalue weighted by Gasteiger charge is 2.10. The number of urea groups is 1. The molecule has 0 aliphatic heterocycles. The molecular formula is C26H31FN4O5S. The molecule has 3 aromatic rings. The van der Waals surface area contributed by atoms with Crippen LogP contribution in [0.1, 0.15) is 30.5 Å². The number of nitrogens with one attached hydrogen (secondary N) is 3. The van der Waals surface area contributed by atoms with Gasteiger partial charge in [0.15, 0.2) is 16.6 Å². The summed E-state index contributed by atoms with van der Waals surface area (Å²) in [5.41, 5.74) is 2.29. The number of carbonyl (C=O) groups excluding carboxylic acids is 2. The summed E-state index contributed by atoms with van der Waals surface area (Å²) in [7, 11) is 3.08. The summed E-state index contributed by atoms with van der Waals surface area (Å²) in [6.07, 6.45) is 3.46. The van der Waals surface area contributed by atoms with Crippen LogP contribution >= 0.6 is 11.3 Å². The third-order valence-electron chi connectivity index (χ3n) is 5.26. The number of methoxy groups -OCH3 is 2. The molecule has 3 amide bonds. The van der Waals surface area contributed by atoms with Gasteiger partial charge in [-0.1, -0.05) is 18.6 Å². The van der Waals surface area contributed by atoms with Crippen LogP contribution in [-0.2, 0) is 22.6 Å². The van der Waals surface area contributed by atoms with Crippen molar-refractivity contribution in [2.75, 3.05) is 38.0 Å². The third kappa shape index (κ3) is 9.70. The highest BCUT2D eigenvalue weighted by molar-refractivity contribution is 7.13. The standard InChI is InChI=1S/C26H31FN4O5S/c1-34-22-12-11-20(14-23(22)35-2)29-25(33)31-26-30-21(17-37-26)6-4-3-5-13-28-24(32)16-36-15-18-7-9-19(27)10-8-18/h7-12,14,17H,3-6,13,15-16H2,1-2H3,(H,28,32)(H2,29,30,31,33). The first-order chi connectivity index (χ1) is 18.0. The van der Waals surface area contributed by atoms with Gasteiger partial charge in [0, 0.05) is 23.7 Å². The first-order valence-corrected chi connectivity index (χ1v) is 12.7.